The molecule has 2 N–H and O–H groups in total. The lowest BCUT2D eigenvalue weighted by molar-refractivity contribution is 0.0697. The third-order valence-corrected chi connectivity index (χ3v) is 5.03. The van der Waals surface area contributed by atoms with Crippen LogP contribution in [0.4, 0.5) is 0 Å². The summed E-state index contributed by atoms with van der Waals surface area (Å²) in [6, 6.07) is 7.14. The third-order valence-electron chi connectivity index (χ3n) is 5.03. The molecular weight excluding hydrogens is 274 g/mol. The Labute approximate surface area is 134 Å². The predicted octanol–water partition coefficient (Wildman–Crippen LogP) is 4.33. The van der Waals surface area contributed by atoms with E-state index < -0.39 is 5.97 Å². The highest BCUT2D eigenvalue weighted by Crippen LogP contribution is 2.39. The minimum Gasteiger partial charge on any atom is -0.478 e. The van der Waals surface area contributed by atoms with E-state index in [9.17, 15) is 4.79 Å². The van der Waals surface area contributed by atoms with Crippen molar-refractivity contribution in [1.29, 1.82) is 0 Å². The summed E-state index contributed by atoms with van der Waals surface area (Å²) in [5.74, 6) is 0.791. The molecule has 1 aliphatic rings. The van der Waals surface area contributed by atoms with Gasteiger partial charge in [0, 0.05) is 6.54 Å². The van der Waals surface area contributed by atoms with Gasteiger partial charge in [0.1, 0.15) is 0 Å². The van der Waals surface area contributed by atoms with Crippen molar-refractivity contribution in [3.63, 3.8) is 0 Å². The van der Waals surface area contributed by atoms with E-state index in [2.05, 4.69) is 26.1 Å². The van der Waals surface area contributed by atoms with E-state index in [1.807, 2.05) is 12.1 Å². The minimum absolute atomic E-state index is 0.351. The first-order valence-electron chi connectivity index (χ1n) is 8.39. The Morgan fingerprint density at radius 2 is 1.73 bits per heavy atom. The summed E-state index contributed by atoms with van der Waals surface area (Å²) in [7, 11) is 0. The third kappa shape index (κ3) is 4.84. The lowest BCUT2D eigenvalue weighted by Gasteiger charge is -2.37. The molecule has 3 nitrogen and oxygen atoms in total. The van der Waals surface area contributed by atoms with Crippen LogP contribution in [0.5, 0.6) is 0 Å². The quantitative estimate of drug-likeness (QED) is 0.851. The first-order chi connectivity index (χ1) is 10.4. The average Bonchev–Trinajstić information content (AvgIpc) is 2.47. The van der Waals surface area contributed by atoms with Crippen LogP contribution in [-0.2, 0) is 6.54 Å². The highest BCUT2D eigenvalue weighted by atomic mass is 16.4. The van der Waals surface area contributed by atoms with E-state index in [0.29, 0.717) is 11.0 Å². The number of hydrogen-bond donors (Lipinski definition) is 2. The van der Waals surface area contributed by atoms with E-state index in [1.54, 1.807) is 12.1 Å². The first kappa shape index (κ1) is 17.0. The van der Waals surface area contributed by atoms with E-state index >= 15 is 0 Å². The highest BCUT2D eigenvalue weighted by Gasteiger charge is 2.29. The van der Waals surface area contributed by atoms with Gasteiger partial charge in [-0.3, -0.25) is 0 Å². The Kier molecular flexibility index (Phi) is 5.63. The van der Waals surface area contributed by atoms with E-state index in [4.69, 9.17) is 5.11 Å². The van der Waals surface area contributed by atoms with Crippen LogP contribution in [0.15, 0.2) is 24.3 Å². The van der Waals surface area contributed by atoms with Crippen molar-refractivity contribution in [2.45, 2.75) is 53.0 Å². The van der Waals surface area contributed by atoms with Crippen molar-refractivity contribution in [3.8, 4) is 0 Å². The monoisotopic (exact) mass is 303 g/mol. The second-order valence-electron chi connectivity index (χ2n) is 7.72. The maximum absolute atomic E-state index is 10.8. The van der Waals surface area contributed by atoms with Gasteiger partial charge in [-0.15, -0.1) is 0 Å². The number of nitrogens with one attached hydrogen (secondary N) is 1. The van der Waals surface area contributed by atoms with Crippen molar-refractivity contribution < 1.29 is 9.90 Å². The second kappa shape index (κ2) is 7.28. The molecule has 0 aliphatic heterocycles. The summed E-state index contributed by atoms with van der Waals surface area (Å²) in [6.07, 6.45) is 5.35. The molecule has 0 aromatic heterocycles. The first-order valence-corrected chi connectivity index (χ1v) is 8.39. The molecule has 0 unspecified atom stereocenters. The zero-order valence-electron chi connectivity index (χ0n) is 14.1. The van der Waals surface area contributed by atoms with Crippen LogP contribution >= 0.6 is 0 Å². The van der Waals surface area contributed by atoms with Crippen LogP contribution in [0.3, 0.4) is 0 Å². The smallest absolute Gasteiger partial charge is 0.335 e. The molecular formula is C19H29NO2. The number of carbonyl (C=O) groups is 1. The van der Waals surface area contributed by atoms with E-state index in [0.717, 1.165) is 30.5 Å². The van der Waals surface area contributed by atoms with E-state index in [-0.39, 0.29) is 0 Å². The minimum atomic E-state index is -0.866. The molecule has 0 bridgehead atoms. The fourth-order valence-electron chi connectivity index (χ4n) is 3.42. The molecule has 1 aliphatic carbocycles. The van der Waals surface area contributed by atoms with Gasteiger partial charge in [-0.05, 0) is 67.2 Å². The Morgan fingerprint density at radius 3 is 2.23 bits per heavy atom. The number of hydrogen-bond acceptors (Lipinski definition) is 2. The van der Waals surface area contributed by atoms with Gasteiger partial charge in [-0.25, -0.2) is 4.79 Å². The van der Waals surface area contributed by atoms with Gasteiger partial charge >= 0.3 is 5.97 Å². The van der Waals surface area contributed by atoms with Crippen molar-refractivity contribution in [1.82, 2.24) is 5.32 Å². The van der Waals surface area contributed by atoms with Crippen molar-refractivity contribution in [2.75, 3.05) is 6.54 Å². The molecule has 2 rings (SSSR count). The van der Waals surface area contributed by atoms with Crippen LogP contribution in [0.25, 0.3) is 0 Å². The number of carboxylic acids is 1. The molecule has 0 heterocycles. The zero-order chi connectivity index (χ0) is 16.2. The Hall–Kier alpha value is -1.35. The molecule has 0 atom stereocenters. The van der Waals surface area contributed by atoms with Crippen molar-refractivity contribution in [2.24, 2.45) is 17.3 Å². The van der Waals surface area contributed by atoms with Crippen LogP contribution in [-0.4, -0.2) is 17.6 Å². The molecule has 0 radical (unpaired) electrons. The largest absolute Gasteiger partial charge is 0.478 e. The SMILES string of the molecule is CC(C)(C)C1CCC(CNCc2ccc(C(=O)O)cc2)CC1. The molecule has 0 amide bonds. The summed E-state index contributed by atoms with van der Waals surface area (Å²) in [4.78, 5) is 10.8. The van der Waals surface area contributed by atoms with Gasteiger partial charge in [-0.1, -0.05) is 32.9 Å². The molecule has 1 aromatic carbocycles. The molecule has 0 saturated heterocycles. The summed E-state index contributed by atoms with van der Waals surface area (Å²) >= 11 is 0. The Bertz CT molecular complexity index is 479. The maximum atomic E-state index is 10.8. The summed E-state index contributed by atoms with van der Waals surface area (Å²) in [5, 5.41) is 12.4. The van der Waals surface area contributed by atoms with Gasteiger partial charge in [0.05, 0.1) is 5.56 Å². The predicted molar refractivity (Wildman–Crippen MR) is 90.0 cm³/mol. The van der Waals surface area contributed by atoms with Gasteiger partial charge in [0.25, 0.3) is 0 Å². The molecule has 122 valence electrons. The summed E-state index contributed by atoms with van der Waals surface area (Å²) in [5.41, 5.74) is 1.95. The summed E-state index contributed by atoms with van der Waals surface area (Å²) in [6.45, 7) is 8.96. The molecule has 3 heteroatoms. The average molecular weight is 303 g/mol. The number of benzene rings is 1. The number of aromatic carboxylic acids is 1. The number of carboxylic acid groups (broad SMARTS) is 1. The highest BCUT2D eigenvalue weighted by molar-refractivity contribution is 5.87. The fraction of sp³-hybridized carbons (Fsp3) is 0.632. The summed E-state index contributed by atoms with van der Waals surface area (Å²) < 4.78 is 0. The Balaban J connectivity index is 1.70. The zero-order valence-corrected chi connectivity index (χ0v) is 14.1. The molecule has 0 spiro atoms. The van der Waals surface area contributed by atoms with Gasteiger partial charge < -0.3 is 10.4 Å². The van der Waals surface area contributed by atoms with Crippen molar-refractivity contribution >= 4 is 5.97 Å². The van der Waals surface area contributed by atoms with Crippen LogP contribution in [0.1, 0.15) is 62.4 Å². The Morgan fingerprint density at radius 1 is 1.14 bits per heavy atom. The number of rotatable bonds is 5. The molecule has 1 aromatic rings. The lowest BCUT2D eigenvalue weighted by Crippen LogP contribution is -2.30. The van der Waals surface area contributed by atoms with Gasteiger partial charge in [0.15, 0.2) is 0 Å². The van der Waals surface area contributed by atoms with Crippen LogP contribution in [0, 0.1) is 17.3 Å². The second-order valence-corrected chi connectivity index (χ2v) is 7.72. The molecule has 1 fully saturated rings. The standard InChI is InChI=1S/C19H29NO2/c1-19(2,3)17-10-6-15(7-11-17)13-20-12-14-4-8-16(9-5-14)18(21)22/h4-5,8-9,15,17,20H,6-7,10-13H2,1-3H3,(H,21,22). The fourth-order valence-corrected chi connectivity index (χ4v) is 3.42. The molecule has 22 heavy (non-hydrogen) atoms. The molecule has 1 saturated carbocycles. The van der Waals surface area contributed by atoms with Crippen LogP contribution in [0.2, 0.25) is 0 Å². The van der Waals surface area contributed by atoms with Crippen molar-refractivity contribution in [3.05, 3.63) is 35.4 Å². The van der Waals surface area contributed by atoms with Gasteiger partial charge in [-0.2, -0.15) is 0 Å². The van der Waals surface area contributed by atoms with Crippen LogP contribution < -0.4 is 5.32 Å². The normalized spacial score (nSPS) is 22.5. The lowest BCUT2D eigenvalue weighted by atomic mass is 9.70. The van der Waals surface area contributed by atoms with Gasteiger partial charge in [0.2, 0.25) is 0 Å². The van der Waals surface area contributed by atoms with E-state index in [1.165, 1.54) is 25.7 Å². The maximum Gasteiger partial charge on any atom is 0.335 e. The topological polar surface area (TPSA) is 49.3 Å².